The number of piperidine rings is 1. The van der Waals surface area contributed by atoms with Crippen LogP contribution in [0, 0.1) is 13.8 Å². The van der Waals surface area contributed by atoms with E-state index in [0.29, 0.717) is 59.6 Å². The van der Waals surface area contributed by atoms with Gasteiger partial charge in [0.2, 0.25) is 5.88 Å². The molecule has 1 aromatic carbocycles. The Labute approximate surface area is 201 Å². The first-order chi connectivity index (χ1) is 16.0. The van der Waals surface area contributed by atoms with Gasteiger partial charge in [-0.15, -0.1) is 0 Å². The number of nitrogens with zero attached hydrogens (tertiary/aromatic N) is 2. The van der Waals surface area contributed by atoms with Gasteiger partial charge in [0.1, 0.15) is 16.4 Å². The molecule has 180 valence electrons. The number of aromatic carboxylic acids is 1. The standard InChI is InChI=1S/C25H27ClFN3O4/c1-13-11-16(15(3)28-18-5-6-19(26)29-20(18)24(32)33)22-17(12-13)21(31)14(2)23(34-22)30-9-7-25(4,27)8-10-30/h5-6,11-12,15,28H,7-10H2,1-4H3,(H,32,33). The van der Waals surface area contributed by atoms with E-state index in [4.69, 9.17) is 16.0 Å². The van der Waals surface area contributed by atoms with Gasteiger partial charge in [-0.2, -0.15) is 0 Å². The van der Waals surface area contributed by atoms with E-state index in [2.05, 4.69) is 10.3 Å². The predicted molar refractivity (Wildman–Crippen MR) is 131 cm³/mol. The average molecular weight is 488 g/mol. The van der Waals surface area contributed by atoms with Crippen molar-refractivity contribution in [3.63, 3.8) is 0 Å². The van der Waals surface area contributed by atoms with Gasteiger partial charge in [-0.05, 0) is 64.3 Å². The molecule has 0 spiro atoms. The summed E-state index contributed by atoms with van der Waals surface area (Å²) in [7, 11) is 0. The monoisotopic (exact) mass is 487 g/mol. The van der Waals surface area contributed by atoms with E-state index in [1.54, 1.807) is 26.0 Å². The lowest BCUT2D eigenvalue weighted by Gasteiger charge is -2.35. The van der Waals surface area contributed by atoms with Crippen molar-refractivity contribution in [2.75, 3.05) is 23.3 Å². The molecule has 1 saturated heterocycles. The largest absolute Gasteiger partial charge is 0.476 e. The summed E-state index contributed by atoms with van der Waals surface area (Å²) in [6, 6.07) is 6.34. The molecular weight excluding hydrogens is 461 g/mol. The number of aryl methyl sites for hydroxylation is 1. The Balaban J connectivity index is 1.79. The highest BCUT2D eigenvalue weighted by Crippen LogP contribution is 2.34. The zero-order chi connectivity index (χ0) is 24.8. The number of aromatic nitrogens is 1. The van der Waals surface area contributed by atoms with Crippen molar-refractivity contribution in [1.82, 2.24) is 4.98 Å². The average Bonchev–Trinajstić information content (AvgIpc) is 2.77. The Morgan fingerprint density at radius 1 is 1.29 bits per heavy atom. The fourth-order valence-corrected chi connectivity index (χ4v) is 4.53. The second-order valence-corrected chi connectivity index (χ2v) is 9.58. The van der Waals surface area contributed by atoms with Crippen LogP contribution in [0.15, 0.2) is 33.5 Å². The summed E-state index contributed by atoms with van der Waals surface area (Å²) in [5.74, 6) is -0.759. The molecule has 0 amide bonds. The van der Waals surface area contributed by atoms with Crippen LogP contribution in [0.5, 0.6) is 0 Å². The Hall–Kier alpha value is -3.13. The molecule has 0 aliphatic carbocycles. The van der Waals surface area contributed by atoms with E-state index in [0.717, 1.165) is 5.56 Å². The Morgan fingerprint density at radius 2 is 1.97 bits per heavy atom. The van der Waals surface area contributed by atoms with Crippen LogP contribution in [-0.2, 0) is 0 Å². The van der Waals surface area contributed by atoms with Gasteiger partial charge in [-0.1, -0.05) is 17.7 Å². The van der Waals surface area contributed by atoms with Crippen LogP contribution in [0.4, 0.5) is 16.0 Å². The minimum absolute atomic E-state index is 0.0774. The Kier molecular flexibility index (Phi) is 6.29. The van der Waals surface area contributed by atoms with Gasteiger partial charge in [0.15, 0.2) is 11.1 Å². The van der Waals surface area contributed by atoms with Crippen molar-refractivity contribution >= 4 is 40.1 Å². The Bertz CT molecular complexity index is 1330. The molecular formula is C25H27ClFN3O4. The summed E-state index contributed by atoms with van der Waals surface area (Å²) in [6.45, 7) is 7.97. The highest BCUT2D eigenvalue weighted by Gasteiger charge is 2.32. The van der Waals surface area contributed by atoms with Crippen LogP contribution < -0.4 is 15.6 Å². The van der Waals surface area contributed by atoms with Crippen LogP contribution in [0.3, 0.4) is 0 Å². The van der Waals surface area contributed by atoms with Gasteiger partial charge in [-0.3, -0.25) is 4.79 Å². The highest BCUT2D eigenvalue weighted by atomic mass is 35.5. The molecule has 2 N–H and O–H groups in total. The fraction of sp³-hybridized carbons (Fsp3) is 0.400. The number of rotatable bonds is 5. The van der Waals surface area contributed by atoms with Crippen LogP contribution in [0.1, 0.15) is 59.9 Å². The molecule has 1 aliphatic heterocycles. The van der Waals surface area contributed by atoms with E-state index in [-0.39, 0.29) is 16.3 Å². The molecule has 3 heterocycles. The van der Waals surface area contributed by atoms with Gasteiger partial charge in [0, 0.05) is 18.7 Å². The SMILES string of the molecule is Cc1cc(C(C)Nc2ccc(Cl)nc2C(=O)O)c2oc(N3CCC(C)(F)CC3)c(C)c(=O)c2c1. The summed E-state index contributed by atoms with van der Waals surface area (Å²) >= 11 is 5.87. The predicted octanol–water partition coefficient (Wildman–Crippen LogP) is 5.66. The minimum Gasteiger partial charge on any atom is -0.476 e. The Morgan fingerprint density at radius 3 is 2.62 bits per heavy atom. The molecule has 0 radical (unpaired) electrons. The number of alkyl halides is 1. The molecule has 34 heavy (non-hydrogen) atoms. The second-order valence-electron chi connectivity index (χ2n) is 9.19. The molecule has 0 saturated carbocycles. The third kappa shape index (κ3) is 4.59. The lowest BCUT2D eigenvalue weighted by molar-refractivity contribution is 0.0691. The fourth-order valence-electron chi connectivity index (χ4n) is 4.38. The maximum absolute atomic E-state index is 14.3. The van der Waals surface area contributed by atoms with Crippen molar-refractivity contribution in [3.05, 3.63) is 62.0 Å². The smallest absolute Gasteiger partial charge is 0.356 e. The van der Waals surface area contributed by atoms with Crippen LogP contribution in [0.25, 0.3) is 11.0 Å². The second kappa shape index (κ2) is 8.91. The maximum Gasteiger partial charge on any atom is 0.356 e. The van der Waals surface area contributed by atoms with E-state index in [1.165, 1.54) is 6.07 Å². The zero-order valence-corrected chi connectivity index (χ0v) is 20.3. The van der Waals surface area contributed by atoms with E-state index < -0.39 is 17.7 Å². The number of nitrogens with one attached hydrogen (secondary N) is 1. The van der Waals surface area contributed by atoms with E-state index in [1.807, 2.05) is 24.8 Å². The van der Waals surface area contributed by atoms with Gasteiger partial charge >= 0.3 is 5.97 Å². The van der Waals surface area contributed by atoms with Crippen molar-refractivity contribution in [1.29, 1.82) is 0 Å². The van der Waals surface area contributed by atoms with Crippen molar-refractivity contribution in [2.45, 2.75) is 52.2 Å². The molecule has 1 fully saturated rings. The zero-order valence-electron chi connectivity index (χ0n) is 19.5. The molecule has 1 aliphatic rings. The normalized spacial score (nSPS) is 16.5. The molecule has 3 aromatic rings. The van der Waals surface area contributed by atoms with Crippen LogP contribution in [-0.4, -0.2) is 34.8 Å². The lowest BCUT2D eigenvalue weighted by atomic mass is 9.95. The number of carboxylic acid groups (broad SMARTS) is 1. The van der Waals surface area contributed by atoms with Crippen molar-refractivity contribution in [2.24, 2.45) is 0 Å². The quantitative estimate of drug-likeness (QED) is 0.448. The number of halogens is 2. The molecule has 1 atom stereocenters. The van der Waals surface area contributed by atoms with Crippen LogP contribution in [0.2, 0.25) is 5.15 Å². The van der Waals surface area contributed by atoms with Crippen LogP contribution >= 0.6 is 11.6 Å². The number of fused-ring (bicyclic) bond motifs is 1. The van der Waals surface area contributed by atoms with Gasteiger partial charge in [0.25, 0.3) is 0 Å². The molecule has 1 unspecified atom stereocenters. The number of anilines is 2. The minimum atomic E-state index is -1.23. The van der Waals surface area contributed by atoms with Gasteiger partial charge in [-0.25, -0.2) is 14.2 Å². The summed E-state index contributed by atoms with van der Waals surface area (Å²) in [6.07, 6.45) is 0.711. The number of carboxylic acids is 1. The summed E-state index contributed by atoms with van der Waals surface area (Å²) in [5, 5.41) is 13.2. The summed E-state index contributed by atoms with van der Waals surface area (Å²) in [4.78, 5) is 30.8. The van der Waals surface area contributed by atoms with E-state index in [9.17, 15) is 19.1 Å². The molecule has 4 rings (SSSR count). The highest BCUT2D eigenvalue weighted by molar-refractivity contribution is 6.29. The lowest BCUT2D eigenvalue weighted by Crippen LogP contribution is -2.40. The first-order valence-corrected chi connectivity index (χ1v) is 11.5. The van der Waals surface area contributed by atoms with Gasteiger partial charge < -0.3 is 19.7 Å². The van der Waals surface area contributed by atoms with Crippen molar-refractivity contribution < 1.29 is 18.7 Å². The number of hydrogen-bond acceptors (Lipinski definition) is 6. The molecule has 9 heteroatoms. The topological polar surface area (TPSA) is 95.7 Å². The third-order valence-electron chi connectivity index (χ3n) is 6.36. The molecule has 2 aromatic heterocycles. The van der Waals surface area contributed by atoms with E-state index >= 15 is 0 Å². The number of carbonyl (C=O) groups is 1. The number of pyridine rings is 1. The summed E-state index contributed by atoms with van der Waals surface area (Å²) < 4.78 is 20.7. The molecule has 0 bridgehead atoms. The van der Waals surface area contributed by atoms with Crippen molar-refractivity contribution in [3.8, 4) is 0 Å². The number of benzene rings is 1. The first kappa shape index (κ1) is 24.0. The van der Waals surface area contributed by atoms with Gasteiger partial charge in [0.05, 0.1) is 22.7 Å². The number of hydrogen-bond donors (Lipinski definition) is 2. The maximum atomic E-state index is 14.3. The summed E-state index contributed by atoms with van der Waals surface area (Å²) in [5.41, 5.74) is 1.22. The first-order valence-electron chi connectivity index (χ1n) is 11.1. The molecule has 7 nitrogen and oxygen atoms in total. The third-order valence-corrected chi connectivity index (χ3v) is 6.57.